The van der Waals surface area contributed by atoms with Gasteiger partial charge in [-0.05, 0) is 57.2 Å². The number of carbonyl (C=O) groups excluding carboxylic acids is 1. The second-order valence-corrected chi connectivity index (χ2v) is 9.66. The molecule has 2 aliphatic rings. The van der Waals surface area contributed by atoms with Crippen LogP contribution in [0.15, 0.2) is 35.5 Å². The van der Waals surface area contributed by atoms with Crippen LogP contribution in [0.3, 0.4) is 0 Å². The summed E-state index contributed by atoms with van der Waals surface area (Å²) in [6.45, 7) is 3.39. The molecule has 7 nitrogen and oxygen atoms in total. The largest absolute Gasteiger partial charge is 0.348 e. The number of hydrogen-bond acceptors (Lipinski definition) is 5. The van der Waals surface area contributed by atoms with Gasteiger partial charge in [0.25, 0.3) is 5.91 Å². The Morgan fingerprint density at radius 2 is 1.83 bits per heavy atom. The molecule has 1 amide bonds. The fourth-order valence-electron chi connectivity index (χ4n) is 4.27. The summed E-state index contributed by atoms with van der Waals surface area (Å²) in [4.78, 5) is 20.6. The number of hydrogen-bond donors (Lipinski definition) is 1. The van der Waals surface area contributed by atoms with Crippen LogP contribution in [0.4, 0.5) is 4.39 Å². The van der Waals surface area contributed by atoms with Gasteiger partial charge in [0.1, 0.15) is 11.5 Å². The first-order valence-corrected chi connectivity index (χ1v) is 11.1. The fourth-order valence-corrected chi connectivity index (χ4v) is 6.17. The van der Waals surface area contributed by atoms with Crippen molar-refractivity contribution in [3.63, 3.8) is 0 Å². The molecule has 2 aromatic rings. The molecule has 1 N–H and O–H groups in total. The van der Waals surface area contributed by atoms with Crippen molar-refractivity contribution < 1.29 is 17.6 Å². The molecule has 1 unspecified atom stereocenters. The van der Waals surface area contributed by atoms with Gasteiger partial charge in [0.15, 0.2) is 0 Å². The zero-order chi connectivity index (χ0) is 20.8. The topological polar surface area (TPSA) is 92.3 Å². The van der Waals surface area contributed by atoms with Gasteiger partial charge in [-0.1, -0.05) is 6.07 Å². The predicted octanol–water partition coefficient (Wildman–Crippen LogP) is 2.35. The number of piperidine rings is 1. The quantitative estimate of drug-likeness (QED) is 0.823. The number of aromatic nitrogens is 2. The SMILES string of the molecule is Cc1cnc(C(=O)NC2C[C@H]3CC[C@@H](C2)N3S(=O)(=O)c2ccc(C)c(F)c2)cn1. The number of aryl methyl sites for hydroxylation is 2. The van der Waals surface area contributed by atoms with E-state index < -0.39 is 15.8 Å². The first kappa shape index (κ1) is 19.9. The third kappa shape index (κ3) is 3.76. The van der Waals surface area contributed by atoms with Crippen LogP contribution < -0.4 is 5.32 Å². The van der Waals surface area contributed by atoms with Crippen molar-refractivity contribution in [2.75, 3.05) is 0 Å². The molecule has 1 aromatic carbocycles. The first-order chi connectivity index (χ1) is 13.8. The minimum atomic E-state index is -3.79. The van der Waals surface area contributed by atoms with Gasteiger partial charge >= 0.3 is 0 Å². The Hall–Kier alpha value is -2.39. The van der Waals surface area contributed by atoms with E-state index in [1.807, 2.05) is 0 Å². The number of sulfonamides is 1. The number of halogens is 1. The van der Waals surface area contributed by atoms with E-state index in [2.05, 4.69) is 15.3 Å². The summed E-state index contributed by atoms with van der Waals surface area (Å²) in [6, 6.07) is 3.48. The lowest BCUT2D eigenvalue weighted by atomic mass is 9.99. The Labute approximate surface area is 169 Å². The summed E-state index contributed by atoms with van der Waals surface area (Å²) < 4.78 is 41.8. The van der Waals surface area contributed by atoms with Gasteiger partial charge in [0.2, 0.25) is 10.0 Å². The van der Waals surface area contributed by atoms with Crippen LogP contribution >= 0.6 is 0 Å². The summed E-state index contributed by atoms with van der Waals surface area (Å²) >= 11 is 0. The summed E-state index contributed by atoms with van der Waals surface area (Å²) in [5, 5.41) is 2.96. The molecule has 4 rings (SSSR count). The van der Waals surface area contributed by atoms with Crippen molar-refractivity contribution in [3.05, 3.63) is 53.4 Å². The maximum atomic E-state index is 13.9. The number of rotatable bonds is 4. The van der Waals surface area contributed by atoms with Crippen molar-refractivity contribution in [3.8, 4) is 0 Å². The molecular formula is C20H23FN4O3S. The van der Waals surface area contributed by atoms with Crippen LogP contribution in [0, 0.1) is 19.7 Å². The number of carbonyl (C=O) groups is 1. The van der Waals surface area contributed by atoms with Crippen molar-refractivity contribution in [2.24, 2.45) is 0 Å². The first-order valence-electron chi connectivity index (χ1n) is 9.65. The summed E-state index contributed by atoms with van der Waals surface area (Å²) in [5.41, 5.74) is 1.38. The number of fused-ring (bicyclic) bond motifs is 2. The van der Waals surface area contributed by atoms with E-state index in [0.717, 1.165) is 24.6 Å². The molecule has 2 aliphatic heterocycles. The van der Waals surface area contributed by atoms with Crippen LogP contribution in [0.5, 0.6) is 0 Å². The minimum Gasteiger partial charge on any atom is -0.348 e. The molecule has 2 saturated heterocycles. The maximum Gasteiger partial charge on any atom is 0.271 e. The highest BCUT2D eigenvalue weighted by Crippen LogP contribution is 2.40. The molecule has 0 saturated carbocycles. The molecular weight excluding hydrogens is 395 g/mol. The lowest BCUT2D eigenvalue weighted by Crippen LogP contribution is -2.52. The summed E-state index contributed by atoms with van der Waals surface area (Å²) in [5.74, 6) is -0.835. The van der Waals surface area contributed by atoms with Crippen molar-refractivity contribution in [2.45, 2.75) is 62.6 Å². The van der Waals surface area contributed by atoms with Crippen LogP contribution in [0.1, 0.15) is 47.4 Å². The van der Waals surface area contributed by atoms with Gasteiger partial charge < -0.3 is 5.32 Å². The average Bonchev–Trinajstić information content (AvgIpc) is 2.96. The molecule has 3 heterocycles. The Balaban J connectivity index is 1.49. The molecule has 1 aromatic heterocycles. The molecule has 2 fully saturated rings. The highest BCUT2D eigenvalue weighted by molar-refractivity contribution is 7.89. The monoisotopic (exact) mass is 418 g/mol. The molecule has 0 aliphatic carbocycles. The zero-order valence-corrected chi connectivity index (χ0v) is 17.1. The third-order valence-electron chi connectivity index (χ3n) is 5.73. The zero-order valence-electron chi connectivity index (χ0n) is 16.3. The second-order valence-electron chi connectivity index (χ2n) is 7.82. The molecule has 0 spiro atoms. The Bertz CT molecular complexity index is 1030. The number of nitrogens with one attached hydrogen (secondary N) is 1. The van der Waals surface area contributed by atoms with E-state index in [1.165, 1.54) is 28.8 Å². The molecule has 3 atom stereocenters. The van der Waals surface area contributed by atoms with E-state index in [9.17, 15) is 17.6 Å². The number of nitrogens with zero attached hydrogens (tertiary/aromatic N) is 3. The minimum absolute atomic E-state index is 0.0186. The Kier molecular flexibility index (Phi) is 5.12. The van der Waals surface area contributed by atoms with Gasteiger partial charge in [0.05, 0.1) is 16.8 Å². The van der Waals surface area contributed by atoms with Gasteiger partial charge in [-0.15, -0.1) is 0 Å². The van der Waals surface area contributed by atoms with E-state index in [4.69, 9.17) is 0 Å². The second kappa shape index (κ2) is 7.46. The number of benzene rings is 1. The summed E-state index contributed by atoms with van der Waals surface area (Å²) in [7, 11) is -3.79. The van der Waals surface area contributed by atoms with E-state index in [0.29, 0.717) is 18.4 Å². The van der Waals surface area contributed by atoms with Gasteiger partial charge in [-0.25, -0.2) is 17.8 Å². The molecule has 9 heteroatoms. The van der Waals surface area contributed by atoms with Gasteiger partial charge in [0, 0.05) is 24.3 Å². The molecule has 0 radical (unpaired) electrons. The fraction of sp³-hybridized carbons (Fsp3) is 0.450. The normalized spacial score (nSPS) is 24.4. The van der Waals surface area contributed by atoms with Crippen LogP contribution in [-0.2, 0) is 10.0 Å². The van der Waals surface area contributed by atoms with E-state index in [1.54, 1.807) is 13.8 Å². The Morgan fingerprint density at radius 1 is 1.14 bits per heavy atom. The maximum absolute atomic E-state index is 13.9. The van der Waals surface area contributed by atoms with Crippen molar-refractivity contribution in [1.82, 2.24) is 19.6 Å². The van der Waals surface area contributed by atoms with Crippen molar-refractivity contribution >= 4 is 15.9 Å². The summed E-state index contributed by atoms with van der Waals surface area (Å²) in [6.07, 6.45) is 5.48. The molecule has 2 bridgehead atoms. The van der Waals surface area contributed by atoms with Crippen LogP contribution in [-0.4, -0.2) is 46.7 Å². The lowest BCUT2D eigenvalue weighted by Gasteiger charge is -2.38. The highest BCUT2D eigenvalue weighted by Gasteiger charge is 2.47. The molecule has 29 heavy (non-hydrogen) atoms. The van der Waals surface area contributed by atoms with Gasteiger partial charge in [-0.3, -0.25) is 9.78 Å². The van der Waals surface area contributed by atoms with Gasteiger partial charge in [-0.2, -0.15) is 4.31 Å². The number of amides is 1. The third-order valence-corrected chi connectivity index (χ3v) is 7.73. The van der Waals surface area contributed by atoms with E-state index in [-0.39, 0.29) is 34.6 Å². The smallest absolute Gasteiger partial charge is 0.271 e. The standard InChI is InChI=1S/C20H23FN4O3S/c1-12-3-6-17(9-18(12)21)29(27,28)25-15-4-5-16(25)8-14(7-15)24-20(26)19-11-22-13(2)10-23-19/h3,6,9-11,14-16H,4-5,7-8H2,1-2H3,(H,24,26)/t14?,15-,16+. The predicted molar refractivity (Wildman–Crippen MR) is 104 cm³/mol. The lowest BCUT2D eigenvalue weighted by molar-refractivity contribution is 0.0903. The highest BCUT2D eigenvalue weighted by atomic mass is 32.2. The average molecular weight is 418 g/mol. The molecule has 154 valence electrons. The van der Waals surface area contributed by atoms with Crippen LogP contribution in [0.25, 0.3) is 0 Å². The van der Waals surface area contributed by atoms with Crippen LogP contribution in [0.2, 0.25) is 0 Å². The van der Waals surface area contributed by atoms with Crippen molar-refractivity contribution in [1.29, 1.82) is 0 Å². The Morgan fingerprint density at radius 3 is 2.41 bits per heavy atom. The van der Waals surface area contributed by atoms with E-state index >= 15 is 0 Å².